The van der Waals surface area contributed by atoms with Gasteiger partial charge < -0.3 is 10.1 Å². The van der Waals surface area contributed by atoms with E-state index >= 15 is 0 Å². The van der Waals surface area contributed by atoms with Crippen molar-refractivity contribution in [3.8, 4) is 0 Å². The molecule has 0 radical (unpaired) electrons. The van der Waals surface area contributed by atoms with Crippen LogP contribution in [0.25, 0.3) is 0 Å². The Morgan fingerprint density at radius 2 is 1.67 bits per heavy atom. The van der Waals surface area contributed by atoms with Crippen LogP contribution in [-0.4, -0.2) is 23.5 Å². The van der Waals surface area contributed by atoms with Crippen LogP contribution in [0, 0.1) is 11.7 Å². The zero-order chi connectivity index (χ0) is 16.2. The molecule has 5 heteroatoms. The van der Waals surface area contributed by atoms with Crippen molar-refractivity contribution in [3.63, 3.8) is 0 Å². The van der Waals surface area contributed by atoms with Gasteiger partial charge in [0.1, 0.15) is 11.4 Å². The van der Waals surface area contributed by atoms with Crippen LogP contribution in [0.15, 0.2) is 24.3 Å². The summed E-state index contributed by atoms with van der Waals surface area (Å²) < 4.78 is 18.1. The first-order chi connectivity index (χ1) is 9.60. The zero-order valence-electron chi connectivity index (χ0n) is 13.1. The van der Waals surface area contributed by atoms with Crippen molar-refractivity contribution in [3.05, 3.63) is 35.6 Å². The van der Waals surface area contributed by atoms with Gasteiger partial charge in [-0.05, 0) is 51.0 Å². The number of carbonyl (C=O) groups excluding carboxylic acids is 2. The topological polar surface area (TPSA) is 55.4 Å². The summed E-state index contributed by atoms with van der Waals surface area (Å²) in [5.74, 6) is -0.793. The Kier molecular flexibility index (Phi) is 5.47. The Balaban J connectivity index is 2.84. The first-order valence-electron chi connectivity index (χ1n) is 6.89. The van der Waals surface area contributed by atoms with Crippen molar-refractivity contribution >= 4 is 11.9 Å². The van der Waals surface area contributed by atoms with E-state index in [0.29, 0.717) is 5.56 Å². The van der Waals surface area contributed by atoms with E-state index in [0.717, 1.165) is 0 Å². The molecule has 0 unspecified atom stereocenters. The number of carbonyl (C=O) groups is 2. The van der Waals surface area contributed by atoms with E-state index in [1.54, 1.807) is 20.8 Å². The summed E-state index contributed by atoms with van der Waals surface area (Å²) in [7, 11) is 0. The van der Waals surface area contributed by atoms with Crippen molar-refractivity contribution in [1.82, 2.24) is 5.32 Å². The van der Waals surface area contributed by atoms with Crippen molar-refractivity contribution in [2.75, 3.05) is 0 Å². The molecule has 0 aromatic heterocycles. The third kappa shape index (κ3) is 5.53. The van der Waals surface area contributed by atoms with Gasteiger partial charge in [0.15, 0.2) is 5.78 Å². The Bertz CT molecular complexity index is 503. The summed E-state index contributed by atoms with van der Waals surface area (Å²) >= 11 is 0. The summed E-state index contributed by atoms with van der Waals surface area (Å²) in [6.07, 6.45) is -0.642. The smallest absolute Gasteiger partial charge is 0.408 e. The monoisotopic (exact) mass is 295 g/mol. The maximum absolute atomic E-state index is 12.9. The van der Waals surface area contributed by atoms with Gasteiger partial charge in [-0.25, -0.2) is 9.18 Å². The molecular formula is C16H22FNO3. The minimum absolute atomic E-state index is 0.116. The van der Waals surface area contributed by atoms with Crippen LogP contribution in [-0.2, 0) is 4.74 Å². The largest absolute Gasteiger partial charge is 0.444 e. The fourth-order valence-corrected chi connectivity index (χ4v) is 1.76. The van der Waals surface area contributed by atoms with E-state index in [9.17, 15) is 14.0 Å². The van der Waals surface area contributed by atoms with Crippen molar-refractivity contribution in [2.45, 2.75) is 46.3 Å². The van der Waals surface area contributed by atoms with Crippen LogP contribution >= 0.6 is 0 Å². The molecule has 0 aliphatic rings. The predicted molar refractivity (Wildman–Crippen MR) is 78.7 cm³/mol. The van der Waals surface area contributed by atoms with Gasteiger partial charge in [-0.15, -0.1) is 0 Å². The normalized spacial score (nSPS) is 12.9. The van der Waals surface area contributed by atoms with Gasteiger partial charge in [0.25, 0.3) is 0 Å². The predicted octanol–water partition coefficient (Wildman–Crippen LogP) is 3.56. The molecular weight excluding hydrogens is 273 g/mol. The molecule has 1 aromatic carbocycles. The first-order valence-corrected chi connectivity index (χ1v) is 6.89. The highest BCUT2D eigenvalue weighted by atomic mass is 19.1. The quantitative estimate of drug-likeness (QED) is 0.864. The number of ketones is 1. The van der Waals surface area contributed by atoms with E-state index in [1.807, 2.05) is 13.8 Å². The van der Waals surface area contributed by atoms with Gasteiger partial charge in [0, 0.05) is 5.56 Å². The lowest BCUT2D eigenvalue weighted by atomic mass is 9.95. The van der Waals surface area contributed by atoms with Crippen LogP contribution in [0.1, 0.15) is 45.0 Å². The molecule has 1 rings (SSSR count). The molecule has 0 fully saturated rings. The van der Waals surface area contributed by atoms with Crippen LogP contribution in [0.5, 0.6) is 0 Å². The molecule has 21 heavy (non-hydrogen) atoms. The molecule has 0 aliphatic carbocycles. The van der Waals surface area contributed by atoms with Crippen LogP contribution in [0.2, 0.25) is 0 Å². The number of alkyl carbamates (subject to hydrolysis) is 1. The van der Waals surface area contributed by atoms with Crippen molar-refractivity contribution in [2.24, 2.45) is 5.92 Å². The number of ether oxygens (including phenoxy) is 1. The van der Waals surface area contributed by atoms with Gasteiger partial charge in [0.05, 0.1) is 6.04 Å². The second-order valence-corrected chi connectivity index (χ2v) is 6.24. The maximum Gasteiger partial charge on any atom is 0.408 e. The van der Waals surface area contributed by atoms with Gasteiger partial charge in [-0.1, -0.05) is 13.8 Å². The van der Waals surface area contributed by atoms with Gasteiger partial charge >= 0.3 is 6.09 Å². The highest BCUT2D eigenvalue weighted by molar-refractivity contribution is 6.01. The van der Waals surface area contributed by atoms with Gasteiger partial charge in [-0.2, -0.15) is 0 Å². The van der Waals surface area contributed by atoms with E-state index in [-0.39, 0.29) is 11.7 Å². The number of hydrogen-bond acceptors (Lipinski definition) is 3. The molecule has 4 nitrogen and oxygen atoms in total. The highest BCUT2D eigenvalue weighted by Crippen LogP contribution is 2.13. The lowest BCUT2D eigenvalue weighted by molar-refractivity contribution is 0.0475. The van der Waals surface area contributed by atoms with E-state index < -0.39 is 23.6 Å². The maximum atomic E-state index is 12.9. The van der Waals surface area contributed by atoms with Crippen LogP contribution < -0.4 is 5.32 Å². The van der Waals surface area contributed by atoms with E-state index in [2.05, 4.69) is 5.32 Å². The number of Topliss-reactive ketones (excluding diaryl/α,β-unsaturated/α-hetero) is 1. The number of nitrogens with one attached hydrogen (secondary N) is 1. The number of hydrogen-bond donors (Lipinski definition) is 1. The Hall–Kier alpha value is -1.91. The van der Waals surface area contributed by atoms with Crippen molar-refractivity contribution < 1.29 is 18.7 Å². The zero-order valence-corrected chi connectivity index (χ0v) is 13.1. The molecule has 0 aliphatic heterocycles. The molecule has 1 aromatic rings. The number of benzene rings is 1. The molecule has 0 spiro atoms. The third-order valence-electron chi connectivity index (χ3n) is 2.75. The number of amides is 1. The fourth-order valence-electron chi connectivity index (χ4n) is 1.76. The molecule has 0 heterocycles. The standard InChI is InChI=1S/C16H22FNO3/c1-10(2)13(18-15(20)21-16(3,4)5)14(19)11-6-8-12(17)9-7-11/h6-10,13H,1-5H3,(H,18,20)/t13-/m0/s1. The second-order valence-electron chi connectivity index (χ2n) is 6.24. The van der Waals surface area contributed by atoms with Gasteiger partial charge in [-0.3, -0.25) is 4.79 Å². The lowest BCUT2D eigenvalue weighted by Crippen LogP contribution is -2.46. The second kappa shape index (κ2) is 6.70. The summed E-state index contributed by atoms with van der Waals surface area (Å²) in [6.45, 7) is 8.89. The molecule has 0 saturated heterocycles. The van der Waals surface area contributed by atoms with Crippen LogP contribution in [0.4, 0.5) is 9.18 Å². The summed E-state index contributed by atoms with van der Waals surface area (Å²) in [5, 5.41) is 2.58. The summed E-state index contributed by atoms with van der Waals surface area (Å²) in [4.78, 5) is 24.2. The van der Waals surface area contributed by atoms with E-state index in [1.165, 1.54) is 24.3 Å². The SMILES string of the molecule is CC(C)[C@H](NC(=O)OC(C)(C)C)C(=O)c1ccc(F)cc1. The number of halogens is 1. The Labute approximate surface area is 124 Å². The summed E-state index contributed by atoms with van der Waals surface area (Å²) in [5.41, 5.74) is -0.281. The molecule has 1 N–H and O–H groups in total. The molecule has 1 amide bonds. The summed E-state index contributed by atoms with van der Waals surface area (Å²) in [6, 6.07) is 4.54. The minimum Gasteiger partial charge on any atom is -0.444 e. The average molecular weight is 295 g/mol. The fraction of sp³-hybridized carbons (Fsp3) is 0.500. The minimum atomic E-state index is -0.717. The Morgan fingerprint density at radius 3 is 2.10 bits per heavy atom. The number of rotatable bonds is 4. The molecule has 0 saturated carbocycles. The Morgan fingerprint density at radius 1 is 1.14 bits per heavy atom. The lowest BCUT2D eigenvalue weighted by Gasteiger charge is -2.25. The molecule has 0 bridgehead atoms. The highest BCUT2D eigenvalue weighted by Gasteiger charge is 2.27. The average Bonchev–Trinajstić information content (AvgIpc) is 2.33. The first kappa shape index (κ1) is 17.1. The molecule has 116 valence electrons. The van der Waals surface area contributed by atoms with Gasteiger partial charge in [0.2, 0.25) is 0 Å². The molecule has 1 atom stereocenters. The van der Waals surface area contributed by atoms with Crippen LogP contribution in [0.3, 0.4) is 0 Å². The van der Waals surface area contributed by atoms with Crippen molar-refractivity contribution in [1.29, 1.82) is 0 Å². The van der Waals surface area contributed by atoms with E-state index in [4.69, 9.17) is 4.74 Å². The third-order valence-corrected chi connectivity index (χ3v) is 2.75.